The van der Waals surface area contributed by atoms with E-state index in [9.17, 15) is 0 Å². The van der Waals surface area contributed by atoms with Crippen molar-refractivity contribution < 1.29 is 0 Å². The van der Waals surface area contributed by atoms with Crippen molar-refractivity contribution in [3.8, 4) is 12.3 Å². The van der Waals surface area contributed by atoms with Gasteiger partial charge in [-0.1, -0.05) is 17.5 Å². The Morgan fingerprint density at radius 3 is 2.77 bits per heavy atom. The van der Waals surface area contributed by atoms with Crippen LogP contribution in [0.25, 0.3) is 0 Å². The van der Waals surface area contributed by atoms with Gasteiger partial charge >= 0.3 is 0 Å². The van der Waals surface area contributed by atoms with Crippen molar-refractivity contribution in [1.29, 1.82) is 0 Å². The first-order chi connectivity index (χ1) is 6.13. The molecule has 0 amide bonds. The topological polar surface area (TPSA) is 50.7 Å². The molecule has 0 aliphatic carbocycles. The van der Waals surface area contributed by atoms with Crippen LogP contribution in [0.4, 0.5) is 5.82 Å². The number of hydrogen-bond acceptors (Lipinski definition) is 4. The summed E-state index contributed by atoms with van der Waals surface area (Å²) < 4.78 is 0. The molecule has 68 valence electrons. The molecule has 0 radical (unpaired) electrons. The second kappa shape index (κ2) is 4.26. The fraction of sp³-hybridized carbons (Fsp3) is 0.286. The maximum Gasteiger partial charge on any atom is 0.245 e. The van der Waals surface area contributed by atoms with Crippen molar-refractivity contribution in [1.82, 2.24) is 15.2 Å². The quantitative estimate of drug-likeness (QED) is 0.764. The summed E-state index contributed by atoms with van der Waals surface area (Å²) in [7, 11) is 0. The predicted molar refractivity (Wildman–Crippen MR) is 51.8 cm³/mol. The highest BCUT2D eigenvalue weighted by molar-refractivity contribution is 6.32. The Bertz CT molecular complexity index is 347. The molecule has 0 bridgehead atoms. The lowest BCUT2D eigenvalue weighted by atomic mass is 10.3. The van der Waals surface area contributed by atoms with Gasteiger partial charge in [-0.15, -0.1) is 16.6 Å². The summed E-state index contributed by atoms with van der Waals surface area (Å²) in [5.74, 6) is 2.80. The Hall–Kier alpha value is -1.05. The molecule has 1 aromatic rings. The van der Waals surface area contributed by atoms with Crippen LogP contribution in [-0.4, -0.2) is 21.2 Å². The molecule has 0 spiro atoms. The van der Waals surface area contributed by atoms with Crippen LogP contribution in [0, 0.1) is 12.3 Å². The Labute approximate surface area is 85.7 Å². The average Bonchev–Trinajstić information content (AvgIpc) is 2.11. The molecule has 1 aromatic heterocycles. The molecule has 1 unspecified atom stereocenters. The molecule has 0 aliphatic heterocycles. The second-order valence-electron chi connectivity index (χ2n) is 2.25. The van der Waals surface area contributed by atoms with E-state index in [0.717, 1.165) is 0 Å². The largest absolute Gasteiger partial charge is 0.354 e. The minimum atomic E-state index is -0.190. The zero-order chi connectivity index (χ0) is 9.84. The zero-order valence-electron chi connectivity index (χ0n) is 6.75. The molecule has 1 rings (SSSR count). The van der Waals surface area contributed by atoms with Crippen molar-refractivity contribution in [2.24, 2.45) is 0 Å². The van der Waals surface area contributed by atoms with Crippen LogP contribution in [0.1, 0.15) is 6.92 Å². The summed E-state index contributed by atoms with van der Waals surface area (Å²) in [4.78, 5) is 3.81. The number of halogens is 2. The third kappa shape index (κ3) is 2.72. The van der Waals surface area contributed by atoms with Gasteiger partial charge in [0, 0.05) is 0 Å². The Balaban J connectivity index is 2.88. The van der Waals surface area contributed by atoms with E-state index in [2.05, 4.69) is 26.4 Å². The van der Waals surface area contributed by atoms with E-state index < -0.39 is 0 Å². The molecule has 1 N–H and O–H groups in total. The van der Waals surface area contributed by atoms with E-state index in [0.29, 0.717) is 5.82 Å². The molecule has 13 heavy (non-hydrogen) atoms. The second-order valence-corrected chi connectivity index (χ2v) is 2.95. The summed E-state index contributed by atoms with van der Waals surface area (Å²) in [6, 6.07) is -0.190. The van der Waals surface area contributed by atoms with Crippen LogP contribution >= 0.6 is 23.2 Å². The van der Waals surface area contributed by atoms with E-state index in [-0.39, 0.29) is 16.5 Å². The molecule has 1 heterocycles. The molecule has 0 aromatic carbocycles. The van der Waals surface area contributed by atoms with E-state index in [1.807, 2.05) is 0 Å². The number of aromatic nitrogens is 3. The Morgan fingerprint density at radius 1 is 1.46 bits per heavy atom. The van der Waals surface area contributed by atoms with Gasteiger partial charge in [-0.25, -0.2) is 0 Å². The van der Waals surface area contributed by atoms with Crippen molar-refractivity contribution in [2.75, 3.05) is 5.32 Å². The molecule has 0 fully saturated rings. The number of anilines is 1. The summed E-state index contributed by atoms with van der Waals surface area (Å²) in [5.41, 5.74) is 0. The van der Waals surface area contributed by atoms with Crippen LogP contribution in [0.15, 0.2) is 0 Å². The lowest BCUT2D eigenvalue weighted by molar-refractivity contribution is 0.940. The van der Waals surface area contributed by atoms with Crippen LogP contribution in [0.5, 0.6) is 0 Å². The molecule has 0 saturated carbocycles. The predicted octanol–water partition coefficient (Wildman–Crippen LogP) is 1.61. The molecule has 0 aliphatic rings. The van der Waals surface area contributed by atoms with Gasteiger partial charge < -0.3 is 5.32 Å². The van der Waals surface area contributed by atoms with Crippen LogP contribution < -0.4 is 5.32 Å². The number of nitrogens with zero attached hydrogens (tertiary/aromatic N) is 3. The lowest BCUT2D eigenvalue weighted by Crippen LogP contribution is -2.14. The highest BCUT2D eigenvalue weighted by Gasteiger charge is 2.07. The van der Waals surface area contributed by atoms with Crippen molar-refractivity contribution in [3.63, 3.8) is 0 Å². The average molecular weight is 217 g/mol. The number of nitrogens with one attached hydrogen (secondary N) is 1. The monoisotopic (exact) mass is 216 g/mol. The molecule has 1 atom stereocenters. The maximum absolute atomic E-state index is 5.67. The molecule has 4 nitrogen and oxygen atoms in total. The SMILES string of the molecule is C#CC(C)Nc1nc(Cl)nnc1Cl. The van der Waals surface area contributed by atoms with Gasteiger partial charge in [-0.2, -0.15) is 4.98 Å². The third-order valence-electron chi connectivity index (χ3n) is 1.22. The zero-order valence-corrected chi connectivity index (χ0v) is 8.26. The Kier molecular flexibility index (Phi) is 3.29. The van der Waals surface area contributed by atoms with Crippen molar-refractivity contribution >= 4 is 29.0 Å². The van der Waals surface area contributed by atoms with E-state index in [1.54, 1.807) is 6.92 Å². The first-order valence-electron chi connectivity index (χ1n) is 3.42. The highest BCUT2D eigenvalue weighted by Crippen LogP contribution is 2.16. The number of rotatable bonds is 2. The van der Waals surface area contributed by atoms with E-state index >= 15 is 0 Å². The van der Waals surface area contributed by atoms with Gasteiger partial charge in [0.05, 0.1) is 6.04 Å². The van der Waals surface area contributed by atoms with Gasteiger partial charge in [0.1, 0.15) is 0 Å². The maximum atomic E-state index is 5.67. The van der Waals surface area contributed by atoms with Crippen LogP contribution in [0.3, 0.4) is 0 Å². The lowest BCUT2D eigenvalue weighted by Gasteiger charge is -2.08. The number of hydrogen-bond donors (Lipinski definition) is 1. The van der Waals surface area contributed by atoms with E-state index in [1.165, 1.54) is 0 Å². The molecule has 0 saturated heterocycles. The summed E-state index contributed by atoms with van der Waals surface area (Å²) in [5, 5.41) is 10.0. The summed E-state index contributed by atoms with van der Waals surface area (Å²) in [6.45, 7) is 1.78. The van der Waals surface area contributed by atoms with Crippen molar-refractivity contribution in [3.05, 3.63) is 10.4 Å². The van der Waals surface area contributed by atoms with E-state index in [4.69, 9.17) is 29.6 Å². The summed E-state index contributed by atoms with van der Waals surface area (Å²) >= 11 is 11.2. The van der Waals surface area contributed by atoms with Crippen LogP contribution in [0.2, 0.25) is 10.4 Å². The van der Waals surface area contributed by atoms with Gasteiger partial charge in [0.25, 0.3) is 0 Å². The third-order valence-corrected chi connectivity index (χ3v) is 1.64. The van der Waals surface area contributed by atoms with Crippen LogP contribution in [-0.2, 0) is 0 Å². The van der Waals surface area contributed by atoms with Crippen molar-refractivity contribution in [2.45, 2.75) is 13.0 Å². The standard InChI is InChI=1S/C7H6Cl2N4/c1-3-4(2)10-6-5(8)12-13-7(9)11-6/h1,4H,2H3,(H,10,11,13). The first kappa shape index (κ1) is 10.0. The van der Waals surface area contributed by atoms with Gasteiger partial charge in [-0.05, 0) is 18.5 Å². The van der Waals surface area contributed by atoms with Gasteiger partial charge in [0.2, 0.25) is 5.28 Å². The molecule has 6 heteroatoms. The number of terminal acetylenes is 1. The fourth-order valence-electron chi connectivity index (χ4n) is 0.632. The van der Waals surface area contributed by atoms with Gasteiger partial charge in [-0.3, -0.25) is 0 Å². The minimum absolute atomic E-state index is 0.0242. The summed E-state index contributed by atoms with van der Waals surface area (Å²) in [6.07, 6.45) is 5.16. The smallest absolute Gasteiger partial charge is 0.245 e. The first-order valence-corrected chi connectivity index (χ1v) is 4.17. The minimum Gasteiger partial charge on any atom is -0.354 e. The normalized spacial score (nSPS) is 11.8. The fourth-order valence-corrected chi connectivity index (χ4v) is 0.889. The van der Waals surface area contributed by atoms with Gasteiger partial charge in [0.15, 0.2) is 11.0 Å². The Morgan fingerprint density at radius 2 is 2.15 bits per heavy atom. The molecular formula is C7H6Cl2N4. The molecular weight excluding hydrogens is 211 g/mol. The highest BCUT2D eigenvalue weighted by atomic mass is 35.5.